The number of hydrogen-bond donors (Lipinski definition) is 0. The molecule has 0 fully saturated rings. The molecular formula is C13H7Cl2F3O3S. The first-order valence-corrected chi connectivity index (χ1v) is 8.35. The Bertz CT molecular complexity index is 804. The predicted octanol–water partition coefficient (Wildman–Crippen LogP) is 4.83. The summed E-state index contributed by atoms with van der Waals surface area (Å²) in [6.45, 7) is 0. The van der Waals surface area contributed by atoms with Crippen molar-refractivity contribution >= 4 is 31.3 Å². The maximum Gasteiger partial charge on any atom is 0.573 e. The Morgan fingerprint density at radius 2 is 1.64 bits per heavy atom. The highest BCUT2D eigenvalue weighted by Crippen LogP contribution is 2.32. The van der Waals surface area contributed by atoms with E-state index in [-0.39, 0.29) is 9.92 Å². The average molecular weight is 371 g/mol. The average Bonchev–Trinajstić information content (AvgIpc) is 2.36. The molecule has 2 aromatic carbocycles. The quantitative estimate of drug-likeness (QED) is 0.726. The van der Waals surface area contributed by atoms with E-state index in [4.69, 9.17) is 22.3 Å². The Morgan fingerprint density at radius 1 is 1.00 bits per heavy atom. The van der Waals surface area contributed by atoms with Gasteiger partial charge < -0.3 is 4.74 Å². The second-order valence-corrected chi connectivity index (χ2v) is 7.10. The van der Waals surface area contributed by atoms with E-state index in [1.807, 2.05) is 0 Å². The van der Waals surface area contributed by atoms with Crippen LogP contribution in [0.1, 0.15) is 0 Å². The molecule has 0 unspecified atom stereocenters. The van der Waals surface area contributed by atoms with Crippen molar-refractivity contribution in [2.45, 2.75) is 11.3 Å². The van der Waals surface area contributed by atoms with Gasteiger partial charge in [0.05, 0.1) is 5.02 Å². The van der Waals surface area contributed by atoms with Crippen LogP contribution in [0.5, 0.6) is 5.75 Å². The molecule has 0 bridgehead atoms. The summed E-state index contributed by atoms with van der Waals surface area (Å²) in [6.07, 6.45) is -4.82. The summed E-state index contributed by atoms with van der Waals surface area (Å²) >= 11 is 5.75. The van der Waals surface area contributed by atoms with E-state index in [1.165, 1.54) is 30.3 Å². The molecule has 2 rings (SSSR count). The van der Waals surface area contributed by atoms with Gasteiger partial charge >= 0.3 is 6.36 Å². The van der Waals surface area contributed by atoms with Gasteiger partial charge in [0, 0.05) is 10.7 Å². The minimum Gasteiger partial charge on any atom is -0.406 e. The van der Waals surface area contributed by atoms with Crippen LogP contribution >= 0.6 is 22.3 Å². The Balaban J connectivity index is 2.47. The lowest BCUT2D eigenvalue weighted by Crippen LogP contribution is -2.17. The number of ether oxygens (including phenoxy) is 1. The highest BCUT2D eigenvalue weighted by Gasteiger charge is 2.31. The molecule has 0 aliphatic carbocycles. The van der Waals surface area contributed by atoms with Crippen molar-refractivity contribution in [3.8, 4) is 16.9 Å². The second-order valence-electron chi connectivity index (χ2n) is 4.16. The van der Waals surface area contributed by atoms with Crippen LogP contribution in [0.2, 0.25) is 5.02 Å². The van der Waals surface area contributed by atoms with Crippen LogP contribution in [0.15, 0.2) is 47.4 Å². The van der Waals surface area contributed by atoms with E-state index in [2.05, 4.69) is 4.74 Å². The molecule has 0 aliphatic heterocycles. The smallest absolute Gasteiger partial charge is 0.406 e. The van der Waals surface area contributed by atoms with Gasteiger partial charge in [-0.3, -0.25) is 0 Å². The van der Waals surface area contributed by atoms with Gasteiger partial charge in [0.25, 0.3) is 9.05 Å². The van der Waals surface area contributed by atoms with Gasteiger partial charge in [-0.15, -0.1) is 13.2 Å². The van der Waals surface area contributed by atoms with Gasteiger partial charge in [-0.25, -0.2) is 8.42 Å². The summed E-state index contributed by atoms with van der Waals surface area (Å²) in [4.78, 5) is -0.324. The highest BCUT2D eigenvalue weighted by atomic mass is 35.7. The van der Waals surface area contributed by atoms with E-state index in [9.17, 15) is 21.6 Å². The van der Waals surface area contributed by atoms with Crippen LogP contribution in [0.25, 0.3) is 11.1 Å². The van der Waals surface area contributed by atoms with Gasteiger partial charge in [0.1, 0.15) is 10.6 Å². The summed E-state index contributed by atoms with van der Waals surface area (Å²) < 4.78 is 63.3. The van der Waals surface area contributed by atoms with Gasteiger partial charge in [0.2, 0.25) is 0 Å². The van der Waals surface area contributed by atoms with E-state index in [0.29, 0.717) is 11.1 Å². The van der Waals surface area contributed by atoms with Crippen molar-refractivity contribution in [1.29, 1.82) is 0 Å². The number of benzene rings is 2. The Morgan fingerprint density at radius 3 is 2.23 bits per heavy atom. The fourth-order valence-corrected chi connectivity index (χ4v) is 3.23. The second kappa shape index (κ2) is 5.98. The monoisotopic (exact) mass is 370 g/mol. The summed E-state index contributed by atoms with van der Waals surface area (Å²) in [5, 5.41) is -0.0820. The van der Waals surface area contributed by atoms with Crippen molar-refractivity contribution in [3.05, 3.63) is 47.5 Å². The molecule has 0 amide bonds. The van der Waals surface area contributed by atoms with Gasteiger partial charge in [-0.05, 0) is 35.4 Å². The summed E-state index contributed by atoms with van der Waals surface area (Å²) in [7, 11) is 1.18. The van der Waals surface area contributed by atoms with Crippen LogP contribution < -0.4 is 4.74 Å². The summed E-state index contributed by atoms with van der Waals surface area (Å²) in [5.74, 6) is -0.421. The molecule has 3 nitrogen and oxygen atoms in total. The van der Waals surface area contributed by atoms with E-state index >= 15 is 0 Å². The molecule has 0 aliphatic rings. The van der Waals surface area contributed by atoms with E-state index in [1.54, 1.807) is 0 Å². The van der Waals surface area contributed by atoms with E-state index < -0.39 is 21.2 Å². The largest absolute Gasteiger partial charge is 0.573 e. The number of alkyl halides is 3. The minimum absolute atomic E-state index is 0.0820. The normalized spacial score (nSPS) is 12.2. The van der Waals surface area contributed by atoms with Gasteiger partial charge in [-0.2, -0.15) is 0 Å². The Kier molecular flexibility index (Phi) is 4.60. The molecule has 0 saturated carbocycles. The fourth-order valence-electron chi connectivity index (χ4n) is 1.74. The van der Waals surface area contributed by atoms with Gasteiger partial charge in [0.15, 0.2) is 0 Å². The maximum absolute atomic E-state index is 12.2. The van der Waals surface area contributed by atoms with Crippen LogP contribution in [-0.2, 0) is 9.05 Å². The van der Waals surface area contributed by atoms with Gasteiger partial charge in [-0.1, -0.05) is 29.8 Å². The minimum atomic E-state index is -4.82. The van der Waals surface area contributed by atoms with Crippen molar-refractivity contribution in [2.24, 2.45) is 0 Å². The standard InChI is InChI=1S/C13H7Cl2F3O3S/c14-11-5-4-9(7-12(11)22(15,19)20)8-2-1-3-10(6-8)21-13(16,17)18/h1-7H. The van der Waals surface area contributed by atoms with Crippen LogP contribution in [0.3, 0.4) is 0 Å². The first-order valence-electron chi connectivity index (χ1n) is 5.67. The lowest BCUT2D eigenvalue weighted by atomic mass is 10.1. The molecule has 0 heterocycles. The maximum atomic E-state index is 12.2. The topological polar surface area (TPSA) is 43.4 Å². The Hall–Kier alpha value is -1.44. The first kappa shape index (κ1) is 16.9. The first-order chi connectivity index (χ1) is 10.1. The van der Waals surface area contributed by atoms with Crippen LogP contribution in [0.4, 0.5) is 13.2 Å². The molecule has 0 N–H and O–H groups in total. The lowest BCUT2D eigenvalue weighted by molar-refractivity contribution is -0.274. The number of halogens is 5. The zero-order valence-electron chi connectivity index (χ0n) is 10.6. The zero-order chi connectivity index (χ0) is 16.5. The third-order valence-corrected chi connectivity index (χ3v) is 4.40. The summed E-state index contributed by atoms with van der Waals surface area (Å²) in [6, 6.07) is 9.03. The van der Waals surface area contributed by atoms with Crippen molar-refractivity contribution < 1.29 is 26.3 Å². The highest BCUT2D eigenvalue weighted by molar-refractivity contribution is 8.13. The van der Waals surface area contributed by atoms with Crippen molar-refractivity contribution in [1.82, 2.24) is 0 Å². The van der Waals surface area contributed by atoms with Crippen molar-refractivity contribution in [2.75, 3.05) is 0 Å². The third-order valence-electron chi connectivity index (χ3n) is 2.59. The SMILES string of the molecule is O=S(=O)(Cl)c1cc(-c2cccc(OC(F)(F)F)c2)ccc1Cl. The molecule has 22 heavy (non-hydrogen) atoms. The molecule has 0 saturated heterocycles. The molecule has 2 aromatic rings. The Labute approximate surface area is 133 Å². The molecular weight excluding hydrogens is 364 g/mol. The third kappa shape index (κ3) is 4.28. The molecule has 0 atom stereocenters. The molecule has 118 valence electrons. The number of hydrogen-bond acceptors (Lipinski definition) is 3. The predicted molar refractivity (Wildman–Crippen MR) is 76.6 cm³/mol. The molecule has 0 radical (unpaired) electrons. The van der Waals surface area contributed by atoms with Crippen molar-refractivity contribution in [3.63, 3.8) is 0 Å². The molecule has 9 heteroatoms. The zero-order valence-corrected chi connectivity index (χ0v) is 12.9. The fraction of sp³-hybridized carbons (Fsp3) is 0.0769. The van der Waals surface area contributed by atoms with E-state index in [0.717, 1.165) is 12.1 Å². The molecule has 0 spiro atoms. The number of rotatable bonds is 3. The lowest BCUT2D eigenvalue weighted by Gasteiger charge is -2.11. The molecule has 0 aromatic heterocycles. The summed E-state index contributed by atoms with van der Waals surface area (Å²) in [5.41, 5.74) is 0.649. The van der Waals surface area contributed by atoms with Crippen LogP contribution in [0, 0.1) is 0 Å². The van der Waals surface area contributed by atoms with Crippen LogP contribution in [-0.4, -0.2) is 14.8 Å².